The third-order valence-corrected chi connectivity index (χ3v) is 4.85. The topological polar surface area (TPSA) is 98.7 Å². The van der Waals surface area contributed by atoms with E-state index in [0.717, 1.165) is 38.5 Å². The molecule has 0 aromatic heterocycles. The molecule has 0 fully saturated rings. The molecule has 168 valence electrons. The molecule has 7 heteroatoms. The largest absolute Gasteiger partial charge is 0.508 e. The number of amides is 3. The van der Waals surface area contributed by atoms with Gasteiger partial charge in [0.2, 0.25) is 17.7 Å². The molecule has 3 N–H and O–H groups in total. The van der Waals surface area contributed by atoms with Gasteiger partial charge in [-0.2, -0.15) is 0 Å². The highest BCUT2D eigenvalue weighted by Gasteiger charge is 2.14. The number of benzene rings is 1. The predicted octanol–water partition coefficient (Wildman–Crippen LogP) is 3.83. The highest BCUT2D eigenvalue weighted by molar-refractivity contribution is 5.91. The van der Waals surface area contributed by atoms with E-state index in [1.165, 1.54) is 12.1 Å². The summed E-state index contributed by atoms with van der Waals surface area (Å²) in [5.41, 5.74) is 0.622. The summed E-state index contributed by atoms with van der Waals surface area (Å²) in [4.78, 5) is 37.7. The van der Waals surface area contributed by atoms with Crippen molar-refractivity contribution in [3.63, 3.8) is 0 Å². The van der Waals surface area contributed by atoms with Crippen molar-refractivity contribution in [1.29, 1.82) is 0 Å². The summed E-state index contributed by atoms with van der Waals surface area (Å²) >= 11 is 0. The van der Waals surface area contributed by atoms with Crippen LogP contribution < -0.4 is 10.6 Å². The van der Waals surface area contributed by atoms with Crippen LogP contribution in [0.3, 0.4) is 0 Å². The van der Waals surface area contributed by atoms with Gasteiger partial charge in [-0.1, -0.05) is 33.1 Å². The van der Waals surface area contributed by atoms with E-state index in [1.807, 2.05) is 6.92 Å². The van der Waals surface area contributed by atoms with Gasteiger partial charge in [-0.15, -0.1) is 0 Å². The van der Waals surface area contributed by atoms with Crippen LogP contribution >= 0.6 is 0 Å². The highest BCUT2D eigenvalue weighted by atomic mass is 16.3. The van der Waals surface area contributed by atoms with Crippen LogP contribution in [0.25, 0.3) is 0 Å². The first-order valence-electron chi connectivity index (χ1n) is 11.1. The minimum atomic E-state index is -0.152. The van der Waals surface area contributed by atoms with Crippen LogP contribution in [0.5, 0.6) is 5.75 Å². The van der Waals surface area contributed by atoms with Gasteiger partial charge in [0, 0.05) is 44.6 Å². The first kappa shape index (κ1) is 25.5. The summed E-state index contributed by atoms with van der Waals surface area (Å²) in [6.07, 6.45) is 6.89. The van der Waals surface area contributed by atoms with Gasteiger partial charge in [0.25, 0.3) is 0 Å². The summed E-state index contributed by atoms with van der Waals surface area (Å²) < 4.78 is 0. The summed E-state index contributed by atoms with van der Waals surface area (Å²) in [5, 5.41) is 15.0. The van der Waals surface area contributed by atoms with Crippen LogP contribution in [0.4, 0.5) is 5.69 Å². The molecule has 0 aliphatic rings. The molecule has 0 aliphatic carbocycles. The maximum absolute atomic E-state index is 12.5. The Bertz CT molecular complexity index is 646. The average molecular weight is 420 g/mol. The van der Waals surface area contributed by atoms with Gasteiger partial charge in [0.1, 0.15) is 5.75 Å². The fourth-order valence-corrected chi connectivity index (χ4v) is 2.99. The van der Waals surface area contributed by atoms with Crippen LogP contribution in [0.1, 0.15) is 71.6 Å². The summed E-state index contributed by atoms with van der Waals surface area (Å²) in [7, 11) is 0. The lowest BCUT2D eigenvalue weighted by Crippen LogP contribution is -2.34. The first-order valence-corrected chi connectivity index (χ1v) is 11.1. The van der Waals surface area contributed by atoms with Gasteiger partial charge < -0.3 is 20.6 Å². The molecule has 3 amide bonds. The second-order valence-corrected chi connectivity index (χ2v) is 7.45. The minimum absolute atomic E-state index is 0.0771. The zero-order valence-electron chi connectivity index (χ0n) is 18.4. The van der Waals surface area contributed by atoms with Crippen molar-refractivity contribution in [2.24, 2.45) is 0 Å². The van der Waals surface area contributed by atoms with Crippen molar-refractivity contribution < 1.29 is 19.5 Å². The number of carbonyl (C=O) groups excluding carboxylic acids is 3. The Kier molecular flexibility index (Phi) is 13.0. The molecular formula is C23H37N3O4. The lowest BCUT2D eigenvalue weighted by molar-refractivity contribution is -0.132. The number of aromatic hydroxyl groups is 1. The normalized spacial score (nSPS) is 10.5. The molecule has 0 atom stereocenters. The quantitative estimate of drug-likeness (QED) is 0.297. The molecule has 0 unspecified atom stereocenters. The number of hydrogen-bond donors (Lipinski definition) is 3. The van der Waals surface area contributed by atoms with Crippen molar-refractivity contribution in [3.8, 4) is 5.75 Å². The van der Waals surface area contributed by atoms with Crippen molar-refractivity contribution in [2.45, 2.75) is 71.6 Å². The lowest BCUT2D eigenvalue weighted by Gasteiger charge is -2.22. The molecule has 0 radical (unpaired) electrons. The number of phenols is 1. The smallest absolute Gasteiger partial charge is 0.226 e. The SMILES string of the molecule is CCCCC(=O)N(CCCCCCNC(=O)CC)CCC(=O)Nc1ccc(O)cc1. The van der Waals surface area contributed by atoms with E-state index < -0.39 is 0 Å². The third kappa shape index (κ3) is 11.4. The van der Waals surface area contributed by atoms with Gasteiger partial charge in [-0.25, -0.2) is 0 Å². The van der Waals surface area contributed by atoms with E-state index in [4.69, 9.17) is 0 Å². The predicted molar refractivity (Wildman–Crippen MR) is 119 cm³/mol. The number of nitrogens with one attached hydrogen (secondary N) is 2. The molecule has 0 spiro atoms. The second kappa shape index (κ2) is 15.3. The van der Waals surface area contributed by atoms with E-state index in [-0.39, 0.29) is 29.9 Å². The van der Waals surface area contributed by atoms with E-state index in [1.54, 1.807) is 17.0 Å². The monoisotopic (exact) mass is 419 g/mol. The van der Waals surface area contributed by atoms with Gasteiger partial charge in [-0.05, 0) is 43.5 Å². The number of nitrogens with zero attached hydrogens (tertiary/aromatic N) is 1. The Morgan fingerprint density at radius 3 is 2.23 bits per heavy atom. The zero-order chi connectivity index (χ0) is 22.2. The zero-order valence-corrected chi connectivity index (χ0v) is 18.4. The first-order chi connectivity index (χ1) is 14.5. The Morgan fingerprint density at radius 1 is 0.867 bits per heavy atom. The van der Waals surface area contributed by atoms with Crippen LogP contribution in [-0.2, 0) is 14.4 Å². The Hall–Kier alpha value is -2.57. The number of phenolic OH excluding ortho intramolecular Hbond substituents is 1. The van der Waals surface area contributed by atoms with Gasteiger partial charge in [0.15, 0.2) is 0 Å². The molecule has 0 saturated heterocycles. The van der Waals surface area contributed by atoms with E-state index in [0.29, 0.717) is 38.2 Å². The van der Waals surface area contributed by atoms with E-state index in [2.05, 4.69) is 17.6 Å². The van der Waals surface area contributed by atoms with Crippen molar-refractivity contribution >= 4 is 23.4 Å². The van der Waals surface area contributed by atoms with Crippen molar-refractivity contribution in [2.75, 3.05) is 25.0 Å². The van der Waals surface area contributed by atoms with Crippen LogP contribution in [0, 0.1) is 0 Å². The van der Waals surface area contributed by atoms with Gasteiger partial charge in [0.05, 0.1) is 0 Å². The molecule has 0 bridgehead atoms. The standard InChI is InChI=1S/C23H37N3O4/c1-3-5-10-23(30)26(17-9-7-6-8-16-24-21(28)4-2)18-15-22(29)25-19-11-13-20(27)14-12-19/h11-14,27H,3-10,15-18H2,1-2H3,(H,24,28)(H,25,29). The molecule has 1 rings (SSSR count). The Labute approximate surface area is 180 Å². The number of carbonyl (C=O) groups is 3. The lowest BCUT2D eigenvalue weighted by atomic mass is 10.1. The van der Waals surface area contributed by atoms with Crippen molar-refractivity contribution in [1.82, 2.24) is 10.2 Å². The molecule has 1 aromatic carbocycles. The van der Waals surface area contributed by atoms with Gasteiger partial charge in [-0.3, -0.25) is 14.4 Å². The average Bonchev–Trinajstić information content (AvgIpc) is 2.74. The Balaban J connectivity index is 2.37. The molecular weight excluding hydrogens is 382 g/mol. The molecule has 0 saturated carbocycles. The number of hydrogen-bond acceptors (Lipinski definition) is 4. The summed E-state index contributed by atoms with van der Waals surface area (Å²) in [5.74, 6) is 0.173. The van der Waals surface area contributed by atoms with Crippen LogP contribution in [-0.4, -0.2) is 47.4 Å². The third-order valence-electron chi connectivity index (χ3n) is 4.85. The van der Waals surface area contributed by atoms with E-state index >= 15 is 0 Å². The van der Waals surface area contributed by atoms with Crippen molar-refractivity contribution in [3.05, 3.63) is 24.3 Å². The molecule has 0 heterocycles. The number of anilines is 1. The highest BCUT2D eigenvalue weighted by Crippen LogP contribution is 2.14. The molecule has 0 aliphatic heterocycles. The Morgan fingerprint density at radius 2 is 1.57 bits per heavy atom. The number of unbranched alkanes of at least 4 members (excludes halogenated alkanes) is 4. The minimum Gasteiger partial charge on any atom is -0.508 e. The van der Waals surface area contributed by atoms with Crippen LogP contribution in [0.2, 0.25) is 0 Å². The fraction of sp³-hybridized carbons (Fsp3) is 0.609. The fourth-order valence-electron chi connectivity index (χ4n) is 2.99. The summed E-state index contributed by atoms with van der Waals surface area (Å²) in [6.45, 7) is 5.64. The van der Waals surface area contributed by atoms with Crippen LogP contribution in [0.15, 0.2) is 24.3 Å². The molecule has 7 nitrogen and oxygen atoms in total. The maximum Gasteiger partial charge on any atom is 0.226 e. The summed E-state index contributed by atoms with van der Waals surface area (Å²) in [6, 6.07) is 6.31. The maximum atomic E-state index is 12.5. The molecule has 30 heavy (non-hydrogen) atoms. The number of rotatable bonds is 15. The van der Waals surface area contributed by atoms with Gasteiger partial charge >= 0.3 is 0 Å². The van der Waals surface area contributed by atoms with E-state index in [9.17, 15) is 19.5 Å². The molecule has 1 aromatic rings. The second-order valence-electron chi connectivity index (χ2n) is 7.45.